The third-order valence-corrected chi connectivity index (χ3v) is 4.75. The Bertz CT molecular complexity index is 289. The van der Waals surface area contributed by atoms with Crippen LogP contribution in [0.3, 0.4) is 0 Å². The highest BCUT2D eigenvalue weighted by molar-refractivity contribution is 8.39. The van der Waals surface area contributed by atoms with Gasteiger partial charge >= 0.3 is 7.23 Å². The number of rotatable bonds is 10. The molecule has 4 heteroatoms. The zero-order chi connectivity index (χ0) is 15.8. The molecular formula is C16H34O2PS+. The molecule has 0 saturated heterocycles. The Balaban J connectivity index is 3.82. The van der Waals surface area contributed by atoms with Crippen LogP contribution in [-0.4, -0.2) is 5.60 Å². The highest BCUT2D eigenvalue weighted by Crippen LogP contribution is 2.38. The second-order valence-electron chi connectivity index (χ2n) is 7.60. The minimum Gasteiger partial charge on any atom is -0.130 e. The summed E-state index contributed by atoms with van der Waals surface area (Å²) < 4.78 is 16.6. The highest BCUT2D eigenvalue weighted by Gasteiger charge is 2.32. The molecule has 3 atom stereocenters. The van der Waals surface area contributed by atoms with Crippen molar-refractivity contribution < 1.29 is 9.09 Å². The first-order valence-corrected chi connectivity index (χ1v) is 10.3. The van der Waals surface area contributed by atoms with Crippen LogP contribution in [-0.2, 0) is 9.09 Å². The van der Waals surface area contributed by atoms with Crippen molar-refractivity contribution in [2.45, 2.75) is 92.1 Å². The molecule has 0 rings (SSSR count). The van der Waals surface area contributed by atoms with Gasteiger partial charge in [-0.05, 0) is 42.1 Å². The van der Waals surface area contributed by atoms with Crippen LogP contribution in [0.25, 0.3) is 0 Å². The second-order valence-corrected chi connectivity index (χ2v) is 9.24. The summed E-state index contributed by atoms with van der Waals surface area (Å²) in [5.74, 6) is 0.802. The van der Waals surface area contributed by atoms with Gasteiger partial charge in [0.15, 0.2) is 0 Å². The topological polar surface area (TPSA) is 26.3 Å². The molecule has 0 amide bonds. The first kappa shape index (κ1) is 20.4. The van der Waals surface area contributed by atoms with Gasteiger partial charge in [-0.1, -0.05) is 60.3 Å². The predicted molar refractivity (Wildman–Crippen MR) is 92.7 cm³/mol. The first-order valence-electron chi connectivity index (χ1n) is 7.93. The molecule has 3 unspecified atom stereocenters. The largest absolute Gasteiger partial charge is 0.582 e. The lowest BCUT2D eigenvalue weighted by Crippen LogP contribution is -2.24. The Morgan fingerprint density at radius 2 is 1.75 bits per heavy atom. The van der Waals surface area contributed by atoms with E-state index in [0.717, 1.165) is 25.2 Å². The van der Waals surface area contributed by atoms with E-state index in [1.165, 1.54) is 25.7 Å². The van der Waals surface area contributed by atoms with Crippen molar-refractivity contribution >= 4 is 19.5 Å². The monoisotopic (exact) mass is 321 g/mol. The summed E-state index contributed by atoms with van der Waals surface area (Å²) in [5.41, 5.74) is 0.165. The van der Waals surface area contributed by atoms with Gasteiger partial charge in [-0.3, -0.25) is 0 Å². The summed E-state index contributed by atoms with van der Waals surface area (Å²) in [6.07, 6.45) is 8.11. The average Bonchev–Trinajstić information content (AvgIpc) is 2.25. The molecular weight excluding hydrogens is 287 g/mol. The third-order valence-electron chi connectivity index (χ3n) is 3.91. The second kappa shape index (κ2) is 9.43. The SMILES string of the molecule is CCC(C)(CCCCCC(C)CC(C)(C)C)O[P+](=O)S. The van der Waals surface area contributed by atoms with Gasteiger partial charge in [0.1, 0.15) is 17.8 Å². The van der Waals surface area contributed by atoms with Gasteiger partial charge in [0.05, 0.1) is 0 Å². The quantitative estimate of drug-likeness (QED) is 0.272. The summed E-state index contributed by atoms with van der Waals surface area (Å²) in [5, 5.41) is 0. The molecule has 0 aromatic rings. The van der Waals surface area contributed by atoms with Crippen LogP contribution in [0, 0.1) is 11.3 Å². The van der Waals surface area contributed by atoms with Crippen LogP contribution in [0.2, 0.25) is 0 Å². The van der Waals surface area contributed by atoms with Crippen LogP contribution < -0.4 is 0 Å². The van der Waals surface area contributed by atoms with E-state index >= 15 is 0 Å². The van der Waals surface area contributed by atoms with E-state index in [1.54, 1.807) is 0 Å². The van der Waals surface area contributed by atoms with Crippen LogP contribution in [0.4, 0.5) is 0 Å². The third kappa shape index (κ3) is 11.1. The van der Waals surface area contributed by atoms with Crippen LogP contribution >= 0.6 is 19.5 Å². The van der Waals surface area contributed by atoms with Crippen molar-refractivity contribution in [3.63, 3.8) is 0 Å². The molecule has 0 aromatic carbocycles. The number of thiol groups is 1. The van der Waals surface area contributed by atoms with Crippen molar-refractivity contribution in [1.82, 2.24) is 0 Å². The van der Waals surface area contributed by atoms with Crippen molar-refractivity contribution in [2.24, 2.45) is 11.3 Å². The molecule has 0 heterocycles. The van der Waals surface area contributed by atoms with Gasteiger partial charge < -0.3 is 0 Å². The number of unbranched alkanes of at least 4 members (excludes halogenated alkanes) is 2. The van der Waals surface area contributed by atoms with Gasteiger partial charge in [0, 0.05) is 0 Å². The Hall–Kier alpha value is 0.410. The molecule has 0 aromatic heterocycles. The molecule has 0 aliphatic heterocycles. The lowest BCUT2D eigenvalue weighted by Gasteiger charge is -2.23. The number of hydrogen-bond acceptors (Lipinski definition) is 2. The maximum atomic E-state index is 11.1. The van der Waals surface area contributed by atoms with Gasteiger partial charge in [-0.2, -0.15) is 0 Å². The average molecular weight is 321 g/mol. The maximum absolute atomic E-state index is 11.1. The van der Waals surface area contributed by atoms with Crippen LogP contribution in [0.1, 0.15) is 86.5 Å². The van der Waals surface area contributed by atoms with E-state index in [2.05, 4.69) is 46.9 Å². The molecule has 0 radical (unpaired) electrons. The fourth-order valence-corrected chi connectivity index (χ4v) is 3.98. The molecule has 0 bridgehead atoms. The summed E-state index contributed by atoms with van der Waals surface area (Å²) in [4.78, 5) is 0. The van der Waals surface area contributed by atoms with E-state index in [0.29, 0.717) is 5.41 Å². The van der Waals surface area contributed by atoms with Gasteiger partial charge in [-0.25, -0.2) is 0 Å². The fourth-order valence-electron chi connectivity index (χ4n) is 2.79. The lowest BCUT2D eigenvalue weighted by molar-refractivity contribution is 0.0859. The zero-order valence-electron chi connectivity index (χ0n) is 14.2. The summed E-state index contributed by atoms with van der Waals surface area (Å²) in [6.45, 7) is 13.4. The Labute approximate surface area is 132 Å². The van der Waals surface area contributed by atoms with E-state index in [-0.39, 0.29) is 5.60 Å². The van der Waals surface area contributed by atoms with Crippen molar-refractivity contribution in [3.8, 4) is 0 Å². The molecule has 0 spiro atoms. The van der Waals surface area contributed by atoms with E-state index in [1.807, 2.05) is 6.92 Å². The molecule has 0 aliphatic rings. The molecule has 120 valence electrons. The predicted octanol–water partition coefficient (Wildman–Crippen LogP) is 6.78. The maximum Gasteiger partial charge on any atom is 0.582 e. The molecule has 20 heavy (non-hydrogen) atoms. The van der Waals surface area contributed by atoms with E-state index in [4.69, 9.17) is 4.52 Å². The Morgan fingerprint density at radius 1 is 1.15 bits per heavy atom. The van der Waals surface area contributed by atoms with E-state index < -0.39 is 7.23 Å². The zero-order valence-corrected chi connectivity index (χ0v) is 16.0. The minimum atomic E-state index is -1.80. The standard InChI is InChI=1S/C16H33O2PS/c1-7-16(6,18-19(17)20)12-10-8-9-11-14(2)13-15(3,4)5/h14H,7-13H2,1-6H3/p+1. The summed E-state index contributed by atoms with van der Waals surface area (Å²) in [6, 6.07) is 0. The van der Waals surface area contributed by atoms with Crippen molar-refractivity contribution in [1.29, 1.82) is 0 Å². The smallest absolute Gasteiger partial charge is 0.130 e. The summed E-state index contributed by atoms with van der Waals surface area (Å²) in [7, 11) is -1.80. The Kier molecular flexibility index (Phi) is 9.63. The Morgan fingerprint density at radius 3 is 2.20 bits per heavy atom. The molecule has 0 aliphatic carbocycles. The van der Waals surface area contributed by atoms with Crippen LogP contribution in [0.15, 0.2) is 0 Å². The van der Waals surface area contributed by atoms with Crippen molar-refractivity contribution in [2.75, 3.05) is 0 Å². The number of hydrogen-bond donors (Lipinski definition) is 1. The normalized spacial score (nSPS) is 17.6. The molecule has 0 saturated carbocycles. The van der Waals surface area contributed by atoms with Crippen molar-refractivity contribution in [3.05, 3.63) is 0 Å². The van der Waals surface area contributed by atoms with Gasteiger partial charge in [-0.15, -0.1) is 4.52 Å². The molecule has 2 nitrogen and oxygen atoms in total. The summed E-state index contributed by atoms with van der Waals surface area (Å²) >= 11 is 3.86. The molecule has 0 fully saturated rings. The highest BCUT2D eigenvalue weighted by atomic mass is 32.7. The lowest BCUT2D eigenvalue weighted by atomic mass is 9.83. The first-order chi connectivity index (χ1) is 9.08. The van der Waals surface area contributed by atoms with Gasteiger partial charge in [0.25, 0.3) is 0 Å². The van der Waals surface area contributed by atoms with Crippen LogP contribution in [0.5, 0.6) is 0 Å². The fraction of sp³-hybridized carbons (Fsp3) is 1.00. The molecule has 0 N–H and O–H groups in total. The van der Waals surface area contributed by atoms with E-state index in [9.17, 15) is 4.57 Å². The minimum absolute atomic E-state index is 0.272. The van der Waals surface area contributed by atoms with Gasteiger partial charge in [0.2, 0.25) is 0 Å².